The number of rotatable bonds is 3. The Bertz CT molecular complexity index is 600. The van der Waals surface area contributed by atoms with Gasteiger partial charge in [0.1, 0.15) is 11.6 Å². The van der Waals surface area contributed by atoms with Gasteiger partial charge in [-0.05, 0) is 19.4 Å². The van der Waals surface area contributed by atoms with E-state index in [-0.39, 0.29) is 17.2 Å². The number of piperazine rings is 1. The lowest BCUT2D eigenvalue weighted by Gasteiger charge is -2.34. The topological polar surface area (TPSA) is 92.6 Å². The van der Waals surface area contributed by atoms with Crippen LogP contribution >= 0.6 is 0 Å². The standard InChI is InChI=1S/C14H17N3O4/c1-3-11-13(18)15-7-8-16(11)14(19)10-6-4-5-9(2)12(10)17(20)21/h4-6,11H,3,7-8H2,1-2H3,(H,15,18). The number of nitro benzene ring substituents is 1. The van der Waals surface area contributed by atoms with E-state index in [1.807, 2.05) is 0 Å². The van der Waals surface area contributed by atoms with Gasteiger partial charge in [-0.2, -0.15) is 0 Å². The highest BCUT2D eigenvalue weighted by atomic mass is 16.6. The SMILES string of the molecule is CCC1C(=O)NCCN1C(=O)c1cccc(C)c1[N+](=O)[O-]. The third kappa shape index (κ3) is 2.72. The molecular formula is C14H17N3O4. The number of carbonyl (C=O) groups is 2. The predicted molar refractivity (Wildman–Crippen MR) is 76.0 cm³/mol. The predicted octanol–water partition coefficient (Wildman–Crippen LogP) is 1.25. The summed E-state index contributed by atoms with van der Waals surface area (Å²) in [5.41, 5.74) is 0.275. The summed E-state index contributed by atoms with van der Waals surface area (Å²) in [4.78, 5) is 36.5. The van der Waals surface area contributed by atoms with Crippen molar-refractivity contribution in [1.82, 2.24) is 10.2 Å². The fraction of sp³-hybridized carbons (Fsp3) is 0.429. The molecule has 1 aromatic rings. The van der Waals surface area contributed by atoms with E-state index >= 15 is 0 Å². The van der Waals surface area contributed by atoms with Crippen molar-refractivity contribution in [3.05, 3.63) is 39.4 Å². The minimum atomic E-state index is -0.577. The van der Waals surface area contributed by atoms with Gasteiger partial charge in [-0.3, -0.25) is 19.7 Å². The lowest BCUT2D eigenvalue weighted by molar-refractivity contribution is -0.385. The first-order valence-electron chi connectivity index (χ1n) is 6.80. The van der Waals surface area contributed by atoms with Crippen molar-refractivity contribution >= 4 is 17.5 Å². The van der Waals surface area contributed by atoms with E-state index in [9.17, 15) is 19.7 Å². The largest absolute Gasteiger partial charge is 0.353 e. The number of nitrogens with one attached hydrogen (secondary N) is 1. The minimum Gasteiger partial charge on any atom is -0.353 e. The molecule has 0 saturated carbocycles. The number of nitro groups is 1. The number of benzene rings is 1. The van der Waals surface area contributed by atoms with Gasteiger partial charge in [-0.15, -0.1) is 0 Å². The van der Waals surface area contributed by atoms with Crippen molar-refractivity contribution in [2.45, 2.75) is 26.3 Å². The Morgan fingerprint density at radius 1 is 1.52 bits per heavy atom. The Hall–Kier alpha value is -2.44. The van der Waals surface area contributed by atoms with E-state index in [2.05, 4.69) is 5.32 Å². The highest BCUT2D eigenvalue weighted by Gasteiger charge is 2.35. The lowest BCUT2D eigenvalue weighted by Crippen LogP contribution is -2.56. The molecule has 7 nitrogen and oxygen atoms in total. The van der Waals surface area contributed by atoms with Crippen molar-refractivity contribution in [3.63, 3.8) is 0 Å². The van der Waals surface area contributed by atoms with Gasteiger partial charge in [0.15, 0.2) is 0 Å². The summed E-state index contributed by atoms with van der Waals surface area (Å²) in [6, 6.07) is 4.06. The summed E-state index contributed by atoms with van der Waals surface area (Å²) in [5.74, 6) is -0.681. The molecule has 2 amide bonds. The van der Waals surface area contributed by atoms with Gasteiger partial charge in [0.05, 0.1) is 4.92 Å². The molecule has 0 spiro atoms. The Balaban J connectivity index is 2.42. The maximum atomic E-state index is 12.6. The van der Waals surface area contributed by atoms with Crippen LogP contribution < -0.4 is 5.32 Å². The molecule has 1 fully saturated rings. The fourth-order valence-electron chi connectivity index (χ4n) is 2.59. The van der Waals surface area contributed by atoms with Crippen LogP contribution in [0.2, 0.25) is 0 Å². The van der Waals surface area contributed by atoms with Gasteiger partial charge in [-0.1, -0.05) is 19.1 Å². The summed E-state index contributed by atoms with van der Waals surface area (Å²) < 4.78 is 0. The Kier molecular flexibility index (Phi) is 4.21. The zero-order valence-corrected chi connectivity index (χ0v) is 12.0. The van der Waals surface area contributed by atoms with Gasteiger partial charge < -0.3 is 10.2 Å². The number of hydrogen-bond acceptors (Lipinski definition) is 4. The maximum Gasteiger partial charge on any atom is 0.285 e. The number of amides is 2. The van der Waals surface area contributed by atoms with E-state index in [0.717, 1.165) is 0 Å². The highest BCUT2D eigenvalue weighted by molar-refractivity contribution is 6.01. The minimum absolute atomic E-state index is 0.0353. The van der Waals surface area contributed by atoms with Crippen LogP contribution in [0.25, 0.3) is 0 Å². The van der Waals surface area contributed by atoms with Gasteiger partial charge >= 0.3 is 0 Å². The molecule has 0 aromatic heterocycles. The Morgan fingerprint density at radius 2 is 2.24 bits per heavy atom. The number of nitrogens with zero attached hydrogens (tertiary/aromatic N) is 2. The highest BCUT2D eigenvalue weighted by Crippen LogP contribution is 2.25. The van der Waals surface area contributed by atoms with Crippen LogP contribution in [0.3, 0.4) is 0 Å². The monoisotopic (exact) mass is 291 g/mol. The first kappa shape index (κ1) is 15.0. The van der Waals surface area contributed by atoms with Gasteiger partial charge in [0.2, 0.25) is 5.91 Å². The van der Waals surface area contributed by atoms with Crippen molar-refractivity contribution in [3.8, 4) is 0 Å². The first-order chi connectivity index (χ1) is 9.97. The molecule has 21 heavy (non-hydrogen) atoms. The van der Waals surface area contributed by atoms with Crippen molar-refractivity contribution in [2.75, 3.05) is 13.1 Å². The van der Waals surface area contributed by atoms with Crippen LogP contribution in [0.15, 0.2) is 18.2 Å². The molecule has 1 saturated heterocycles. The van der Waals surface area contributed by atoms with Crippen molar-refractivity contribution < 1.29 is 14.5 Å². The van der Waals surface area contributed by atoms with Crippen molar-refractivity contribution in [2.24, 2.45) is 0 Å². The molecule has 2 rings (SSSR count). The molecular weight excluding hydrogens is 274 g/mol. The molecule has 1 aliphatic heterocycles. The molecule has 0 bridgehead atoms. The molecule has 112 valence electrons. The third-order valence-corrected chi connectivity index (χ3v) is 3.63. The summed E-state index contributed by atoms with van der Waals surface area (Å²) in [5, 5.41) is 13.9. The molecule has 1 N–H and O–H groups in total. The molecule has 0 aliphatic carbocycles. The Morgan fingerprint density at radius 3 is 2.86 bits per heavy atom. The summed E-state index contributed by atoms with van der Waals surface area (Å²) in [7, 11) is 0. The average molecular weight is 291 g/mol. The van der Waals surface area contributed by atoms with Crippen molar-refractivity contribution in [1.29, 1.82) is 0 Å². The molecule has 7 heteroatoms. The molecule has 1 aliphatic rings. The zero-order valence-electron chi connectivity index (χ0n) is 12.0. The lowest BCUT2D eigenvalue weighted by atomic mass is 10.0. The second kappa shape index (κ2) is 5.90. The third-order valence-electron chi connectivity index (χ3n) is 3.63. The van der Waals surface area contributed by atoms with Crippen LogP contribution in [0.4, 0.5) is 5.69 Å². The van der Waals surface area contributed by atoms with Crippen LogP contribution in [0, 0.1) is 17.0 Å². The van der Waals surface area contributed by atoms with Crippen LogP contribution in [-0.4, -0.2) is 40.8 Å². The summed E-state index contributed by atoms with van der Waals surface area (Å²) in [6.07, 6.45) is 0.469. The quantitative estimate of drug-likeness (QED) is 0.670. The molecule has 1 atom stereocenters. The van der Waals surface area contributed by atoms with Crippen LogP contribution in [-0.2, 0) is 4.79 Å². The number of para-hydroxylation sites is 1. The Labute approximate surface area is 122 Å². The van der Waals surface area contributed by atoms with Crippen LogP contribution in [0.1, 0.15) is 29.3 Å². The zero-order chi connectivity index (χ0) is 15.6. The summed E-state index contributed by atoms with van der Waals surface area (Å²) in [6.45, 7) is 4.12. The van der Waals surface area contributed by atoms with E-state index < -0.39 is 16.9 Å². The second-order valence-electron chi connectivity index (χ2n) is 4.94. The molecule has 1 aromatic carbocycles. The van der Waals surface area contributed by atoms with Crippen LogP contribution in [0.5, 0.6) is 0 Å². The summed E-state index contributed by atoms with van der Waals surface area (Å²) >= 11 is 0. The number of hydrogen-bond donors (Lipinski definition) is 1. The number of carbonyl (C=O) groups excluding carboxylic acids is 2. The molecule has 0 radical (unpaired) electrons. The second-order valence-corrected chi connectivity index (χ2v) is 4.94. The van der Waals surface area contributed by atoms with Gasteiger partial charge in [0.25, 0.3) is 11.6 Å². The maximum absolute atomic E-state index is 12.6. The molecule has 1 heterocycles. The van der Waals surface area contributed by atoms with E-state index in [0.29, 0.717) is 25.1 Å². The average Bonchev–Trinajstić information content (AvgIpc) is 2.45. The fourth-order valence-corrected chi connectivity index (χ4v) is 2.59. The van der Waals surface area contributed by atoms with Gasteiger partial charge in [-0.25, -0.2) is 0 Å². The first-order valence-corrected chi connectivity index (χ1v) is 6.80. The van der Waals surface area contributed by atoms with Gasteiger partial charge in [0, 0.05) is 18.7 Å². The van der Waals surface area contributed by atoms with E-state index in [1.54, 1.807) is 26.0 Å². The smallest absolute Gasteiger partial charge is 0.285 e. The normalized spacial score (nSPS) is 18.3. The van der Waals surface area contributed by atoms with E-state index in [4.69, 9.17) is 0 Å². The molecule has 1 unspecified atom stereocenters. The van der Waals surface area contributed by atoms with E-state index in [1.165, 1.54) is 11.0 Å². The number of aryl methyl sites for hydroxylation is 1.